The van der Waals surface area contributed by atoms with Gasteiger partial charge in [-0.1, -0.05) is 17.7 Å². The van der Waals surface area contributed by atoms with Crippen molar-refractivity contribution in [3.05, 3.63) is 28.9 Å². The molecule has 0 amide bonds. The second kappa shape index (κ2) is 3.36. The number of halogens is 1. The van der Waals surface area contributed by atoms with Crippen molar-refractivity contribution in [3.63, 3.8) is 0 Å². The molecule has 4 heteroatoms. The zero-order valence-electron chi connectivity index (χ0n) is 6.92. The zero-order valence-corrected chi connectivity index (χ0v) is 7.67. The van der Waals surface area contributed by atoms with Crippen LogP contribution in [-0.2, 0) is 6.42 Å². The molecule has 0 aliphatic carbocycles. The third-order valence-corrected chi connectivity index (χ3v) is 2.26. The fourth-order valence-corrected chi connectivity index (χ4v) is 1.50. The fourth-order valence-electron chi connectivity index (χ4n) is 1.31. The third-order valence-electron chi connectivity index (χ3n) is 1.97. The maximum Gasteiger partial charge on any atom is 0.132 e. The van der Waals surface area contributed by atoms with Gasteiger partial charge in [-0.15, -0.1) is 0 Å². The Hall–Kier alpha value is -1.06. The van der Waals surface area contributed by atoms with Crippen LogP contribution in [0.3, 0.4) is 0 Å². The number of nitrogens with zero attached hydrogens (tertiary/aromatic N) is 1. The van der Waals surface area contributed by atoms with Crippen molar-refractivity contribution in [2.45, 2.75) is 6.42 Å². The standard InChI is InChI=1S/C9H9ClN2O/c10-9-7-5-6(3-4-13)1-2-8(7)11-12-9/h1-2,5,13H,3-4H2,(H,11,12). The second-order valence-electron chi connectivity index (χ2n) is 2.86. The molecule has 0 bridgehead atoms. The summed E-state index contributed by atoms with van der Waals surface area (Å²) in [5, 5.41) is 16.9. The number of aliphatic hydroxyl groups is 1. The molecule has 1 aromatic heterocycles. The minimum Gasteiger partial charge on any atom is -0.396 e. The van der Waals surface area contributed by atoms with E-state index < -0.39 is 0 Å². The van der Waals surface area contributed by atoms with Crippen LogP contribution in [0.2, 0.25) is 5.15 Å². The summed E-state index contributed by atoms with van der Waals surface area (Å²) in [5.41, 5.74) is 1.92. The van der Waals surface area contributed by atoms with E-state index in [1.165, 1.54) is 0 Å². The van der Waals surface area contributed by atoms with Gasteiger partial charge < -0.3 is 5.11 Å². The second-order valence-corrected chi connectivity index (χ2v) is 3.24. The summed E-state index contributed by atoms with van der Waals surface area (Å²) < 4.78 is 0. The largest absolute Gasteiger partial charge is 0.396 e. The quantitative estimate of drug-likeness (QED) is 0.769. The van der Waals surface area contributed by atoms with Crippen molar-refractivity contribution in [2.75, 3.05) is 6.61 Å². The lowest BCUT2D eigenvalue weighted by Crippen LogP contribution is -1.89. The molecule has 0 atom stereocenters. The molecule has 13 heavy (non-hydrogen) atoms. The number of nitrogens with one attached hydrogen (secondary N) is 1. The predicted molar refractivity (Wildman–Crippen MR) is 51.9 cm³/mol. The number of aliphatic hydroxyl groups excluding tert-OH is 1. The number of rotatable bonds is 2. The van der Waals surface area contributed by atoms with Gasteiger partial charge in [-0.05, 0) is 24.1 Å². The number of H-pyrrole nitrogens is 1. The lowest BCUT2D eigenvalue weighted by Gasteiger charge is -1.96. The Morgan fingerprint density at radius 3 is 3.08 bits per heavy atom. The smallest absolute Gasteiger partial charge is 0.132 e. The summed E-state index contributed by atoms with van der Waals surface area (Å²) in [6.07, 6.45) is 0.650. The molecule has 0 radical (unpaired) electrons. The van der Waals surface area contributed by atoms with Crippen molar-refractivity contribution in [1.82, 2.24) is 10.2 Å². The van der Waals surface area contributed by atoms with Crippen molar-refractivity contribution >= 4 is 22.5 Å². The molecular formula is C9H9ClN2O. The molecular weight excluding hydrogens is 188 g/mol. The molecule has 0 unspecified atom stereocenters. The number of aromatic nitrogens is 2. The first-order valence-corrected chi connectivity index (χ1v) is 4.42. The molecule has 68 valence electrons. The minimum absolute atomic E-state index is 0.154. The van der Waals surface area contributed by atoms with Gasteiger partial charge >= 0.3 is 0 Å². The Balaban J connectivity index is 2.53. The van der Waals surface area contributed by atoms with E-state index in [9.17, 15) is 0 Å². The van der Waals surface area contributed by atoms with Crippen LogP contribution in [0.1, 0.15) is 5.56 Å². The van der Waals surface area contributed by atoms with Crippen LogP contribution in [-0.4, -0.2) is 21.9 Å². The normalized spacial score (nSPS) is 10.9. The van der Waals surface area contributed by atoms with Crippen LogP contribution >= 0.6 is 11.6 Å². The number of benzene rings is 1. The van der Waals surface area contributed by atoms with Crippen molar-refractivity contribution < 1.29 is 5.11 Å². The zero-order chi connectivity index (χ0) is 9.26. The highest BCUT2D eigenvalue weighted by Gasteiger charge is 2.02. The van der Waals surface area contributed by atoms with Crippen molar-refractivity contribution in [3.8, 4) is 0 Å². The van der Waals surface area contributed by atoms with Crippen LogP contribution in [0, 0.1) is 0 Å². The molecule has 2 N–H and O–H groups in total. The Labute approximate surface area is 80.3 Å². The molecule has 2 rings (SSSR count). The predicted octanol–water partition coefficient (Wildman–Crippen LogP) is 1.75. The first-order chi connectivity index (χ1) is 6.31. The summed E-state index contributed by atoms with van der Waals surface area (Å²) in [4.78, 5) is 0. The van der Waals surface area contributed by atoms with E-state index >= 15 is 0 Å². The van der Waals surface area contributed by atoms with E-state index in [0.29, 0.717) is 11.6 Å². The Bertz CT molecular complexity index is 424. The number of aromatic amines is 1. The molecule has 0 aliphatic heterocycles. The summed E-state index contributed by atoms with van der Waals surface area (Å²) >= 11 is 5.86. The van der Waals surface area contributed by atoms with Gasteiger partial charge in [-0.2, -0.15) is 5.10 Å². The SMILES string of the molecule is OCCc1ccc2n[nH]c(Cl)c2c1. The highest BCUT2D eigenvalue weighted by Crippen LogP contribution is 2.21. The molecule has 0 aliphatic rings. The van der Waals surface area contributed by atoms with Gasteiger partial charge in [0.15, 0.2) is 0 Å². The molecule has 1 aromatic carbocycles. The average molecular weight is 197 g/mol. The average Bonchev–Trinajstić information content (AvgIpc) is 2.49. The maximum atomic E-state index is 8.76. The molecule has 2 aromatic rings. The lowest BCUT2D eigenvalue weighted by molar-refractivity contribution is 0.299. The van der Waals surface area contributed by atoms with E-state index in [-0.39, 0.29) is 6.61 Å². The first kappa shape index (κ1) is 8.53. The van der Waals surface area contributed by atoms with Gasteiger partial charge in [0.25, 0.3) is 0 Å². The highest BCUT2D eigenvalue weighted by molar-refractivity contribution is 6.34. The van der Waals surface area contributed by atoms with Gasteiger partial charge in [0.1, 0.15) is 5.15 Å². The summed E-state index contributed by atoms with van der Waals surface area (Å²) in [6, 6.07) is 5.77. The summed E-state index contributed by atoms with van der Waals surface area (Å²) in [6.45, 7) is 0.154. The van der Waals surface area contributed by atoms with Crippen LogP contribution < -0.4 is 0 Å². The van der Waals surface area contributed by atoms with Gasteiger partial charge in [0.2, 0.25) is 0 Å². The van der Waals surface area contributed by atoms with Crippen LogP contribution in [0.25, 0.3) is 10.9 Å². The highest BCUT2D eigenvalue weighted by atomic mass is 35.5. The minimum atomic E-state index is 0.154. The number of hydrogen-bond donors (Lipinski definition) is 2. The molecule has 0 spiro atoms. The van der Waals surface area contributed by atoms with Gasteiger partial charge in [0.05, 0.1) is 5.52 Å². The first-order valence-electron chi connectivity index (χ1n) is 4.04. The Morgan fingerprint density at radius 2 is 2.31 bits per heavy atom. The fraction of sp³-hybridized carbons (Fsp3) is 0.222. The van der Waals surface area contributed by atoms with E-state index in [1.807, 2.05) is 18.2 Å². The molecule has 0 fully saturated rings. The van der Waals surface area contributed by atoms with Gasteiger partial charge in [-0.25, -0.2) is 0 Å². The van der Waals surface area contributed by atoms with Crippen LogP contribution in [0.4, 0.5) is 0 Å². The van der Waals surface area contributed by atoms with Crippen LogP contribution in [0.15, 0.2) is 18.2 Å². The Morgan fingerprint density at radius 1 is 1.46 bits per heavy atom. The maximum absolute atomic E-state index is 8.76. The van der Waals surface area contributed by atoms with Gasteiger partial charge in [-0.3, -0.25) is 5.10 Å². The van der Waals surface area contributed by atoms with E-state index in [0.717, 1.165) is 16.5 Å². The lowest BCUT2D eigenvalue weighted by atomic mass is 10.1. The van der Waals surface area contributed by atoms with E-state index in [1.54, 1.807) is 0 Å². The summed E-state index contributed by atoms with van der Waals surface area (Å²) in [7, 11) is 0. The van der Waals surface area contributed by atoms with E-state index in [4.69, 9.17) is 16.7 Å². The van der Waals surface area contributed by atoms with Crippen LogP contribution in [0.5, 0.6) is 0 Å². The molecule has 3 nitrogen and oxygen atoms in total. The van der Waals surface area contributed by atoms with E-state index in [2.05, 4.69) is 10.2 Å². The molecule has 0 saturated heterocycles. The Kier molecular flexibility index (Phi) is 2.20. The third kappa shape index (κ3) is 1.53. The molecule has 1 heterocycles. The summed E-state index contributed by atoms with van der Waals surface area (Å²) in [5.74, 6) is 0. The van der Waals surface area contributed by atoms with Crippen molar-refractivity contribution in [2.24, 2.45) is 0 Å². The monoisotopic (exact) mass is 196 g/mol. The molecule has 0 saturated carbocycles. The number of hydrogen-bond acceptors (Lipinski definition) is 2. The topological polar surface area (TPSA) is 48.9 Å². The number of fused-ring (bicyclic) bond motifs is 1. The van der Waals surface area contributed by atoms with Crippen molar-refractivity contribution in [1.29, 1.82) is 0 Å². The van der Waals surface area contributed by atoms with Gasteiger partial charge in [0, 0.05) is 12.0 Å².